The maximum absolute atomic E-state index is 4.47. The molecule has 1 fully saturated rings. The largest absolute Gasteiger partial charge is 0.382 e. The van der Waals surface area contributed by atoms with Crippen LogP contribution in [-0.4, -0.2) is 25.8 Å². The average Bonchev–Trinajstić information content (AvgIpc) is 3.03. The second kappa shape index (κ2) is 4.62. The van der Waals surface area contributed by atoms with Gasteiger partial charge in [-0.05, 0) is 38.0 Å². The Hall–Kier alpha value is -2.30. The molecule has 21 heavy (non-hydrogen) atoms. The smallest absolute Gasteiger partial charge is 0.109 e. The molecule has 2 heterocycles. The number of benzene rings is 1. The Balaban J connectivity index is 1.47. The number of aromatic nitrogens is 4. The molecule has 0 unspecified atom stereocenters. The highest BCUT2D eigenvalue weighted by Crippen LogP contribution is 2.37. The minimum absolute atomic E-state index is 0.534. The van der Waals surface area contributed by atoms with E-state index in [4.69, 9.17) is 0 Å². The predicted octanol–water partition coefficient (Wildman–Crippen LogP) is 2.96. The van der Waals surface area contributed by atoms with Crippen molar-refractivity contribution in [3.63, 3.8) is 0 Å². The number of aromatic amines is 1. The summed E-state index contributed by atoms with van der Waals surface area (Å²) in [5, 5.41) is 9.31. The van der Waals surface area contributed by atoms with Crippen molar-refractivity contribution < 1.29 is 0 Å². The number of anilines is 1. The zero-order valence-electron chi connectivity index (χ0n) is 12.3. The van der Waals surface area contributed by atoms with E-state index in [9.17, 15) is 0 Å². The molecule has 1 saturated carbocycles. The second-order valence-corrected chi connectivity index (χ2v) is 5.92. The molecule has 2 N–H and O–H groups in total. The lowest BCUT2D eigenvalue weighted by Gasteiger charge is -2.35. The van der Waals surface area contributed by atoms with E-state index in [0.29, 0.717) is 12.0 Å². The molecule has 3 aromatic rings. The first-order valence-electron chi connectivity index (χ1n) is 7.40. The fraction of sp³-hybridized carbons (Fsp3) is 0.375. The van der Waals surface area contributed by atoms with Crippen LogP contribution in [0.1, 0.15) is 30.3 Å². The third-order valence-corrected chi connectivity index (χ3v) is 4.45. The fourth-order valence-electron chi connectivity index (χ4n) is 3.22. The number of hydrogen-bond acceptors (Lipinski definition) is 3. The first-order chi connectivity index (χ1) is 10.2. The molecular formula is C16H19N5. The summed E-state index contributed by atoms with van der Waals surface area (Å²) in [5.74, 6) is 1.69. The van der Waals surface area contributed by atoms with E-state index < -0.39 is 0 Å². The Morgan fingerprint density at radius 3 is 2.95 bits per heavy atom. The highest BCUT2D eigenvalue weighted by atomic mass is 15.3. The quantitative estimate of drug-likeness (QED) is 0.776. The summed E-state index contributed by atoms with van der Waals surface area (Å²) in [6.45, 7) is 2.05. The molecule has 0 radical (unpaired) electrons. The Labute approximate surface area is 123 Å². The van der Waals surface area contributed by atoms with Crippen molar-refractivity contribution in [3.05, 3.63) is 42.1 Å². The standard InChI is InChI=1S/C16H19N5/c1-10-14-4-3-12(9-15(14)21(2)20-10)19-13-7-11(8-13)16-17-5-6-18-16/h3-6,9,11,13,19H,7-8H2,1-2H3,(H,17,18). The zero-order chi connectivity index (χ0) is 14.4. The van der Waals surface area contributed by atoms with Gasteiger partial charge in [-0.1, -0.05) is 0 Å². The number of aryl methyl sites for hydroxylation is 2. The summed E-state index contributed by atoms with van der Waals surface area (Å²) < 4.78 is 1.95. The monoisotopic (exact) mass is 281 g/mol. The molecular weight excluding hydrogens is 262 g/mol. The normalized spacial score (nSPS) is 21.4. The van der Waals surface area contributed by atoms with Crippen LogP contribution in [0, 0.1) is 6.92 Å². The lowest BCUT2D eigenvalue weighted by molar-refractivity contribution is 0.361. The summed E-state index contributed by atoms with van der Waals surface area (Å²) in [5.41, 5.74) is 3.44. The molecule has 1 aliphatic carbocycles. The van der Waals surface area contributed by atoms with Crippen LogP contribution < -0.4 is 5.32 Å². The van der Waals surface area contributed by atoms with Gasteiger partial charge in [-0.25, -0.2) is 4.98 Å². The van der Waals surface area contributed by atoms with E-state index >= 15 is 0 Å². The molecule has 0 aliphatic heterocycles. The highest BCUT2D eigenvalue weighted by Gasteiger charge is 2.31. The first-order valence-corrected chi connectivity index (χ1v) is 7.40. The third-order valence-electron chi connectivity index (χ3n) is 4.45. The third kappa shape index (κ3) is 2.09. The van der Waals surface area contributed by atoms with Crippen molar-refractivity contribution in [1.29, 1.82) is 0 Å². The molecule has 0 amide bonds. The number of hydrogen-bond donors (Lipinski definition) is 2. The maximum Gasteiger partial charge on any atom is 0.109 e. The van der Waals surface area contributed by atoms with Gasteiger partial charge < -0.3 is 10.3 Å². The molecule has 2 aromatic heterocycles. The van der Waals surface area contributed by atoms with Gasteiger partial charge in [0.1, 0.15) is 5.82 Å². The average molecular weight is 281 g/mol. The topological polar surface area (TPSA) is 58.5 Å². The molecule has 0 saturated heterocycles. The van der Waals surface area contributed by atoms with Crippen LogP contribution in [0.3, 0.4) is 0 Å². The molecule has 0 bridgehead atoms. The SMILES string of the molecule is Cc1nn(C)c2cc(NC3CC(c4ncc[nH]4)C3)ccc12. The van der Waals surface area contributed by atoms with Crippen LogP contribution in [-0.2, 0) is 7.05 Å². The van der Waals surface area contributed by atoms with Crippen molar-refractivity contribution in [2.75, 3.05) is 5.32 Å². The van der Waals surface area contributed by atoms with Crippen LogP contribution in [0.4, 0.5) is 5.69 Å². The lowest BCUT2D eigenvalue weighted by Crippen LogP contribution is -2.34. The van der Waals surface area contributed by atoms with Crippen LogP contribution in [0.25, 0.3) is 10.9 Å². The van der Waals surface area contributed by atoms with Crippen LogP contribution >= 0.6 is 0 Å². The fourth-order valence-corrected chi connectivity index (χ4v) is 3.22. The zero-order valence-corrected chi connectivity index (χ0v) is 12.3. The number of imidazole rings is 1. The molecule has 5 nitrogen and oxygen atoms in total. The number of fused-ring (bicyclic) bond motifs is 1. The minimum Gasteiger partial charge on any atom is -0.382 e. The van der Waals surface area contributed by atoms with Crippen LogP contribution in [0.15, 0.2) is 30.6 Å². The van der Waals surface area contributed by atoms with Gasteiger partial charge in [-0.15, -0.1) is 0 Å². The number of rotatable bonds is 3. The molecule has 4 rings (SSSR count). The lowest BCUT2D eigenvalue weighted by atomic mass is 9.79. The molecule has 0 atom stereocenters. The van der Waals surface area contributed by atoms with E-state index in [0.717, 1.165) is 24.4 Å². The highest BCUT2D eigenvalue weighted by molar-refractivity contribution is 5.85. The minimum atomic E-state index is 0.534. The Morgan fingerprint density at radius 2 is 2.19 bits per heavy atom. The molecule has 108 valence electrons. The Morgan fingerprint density at radius 1 is 1.33 bits per heavy atom. The Bertz CT molecular complexity index is 765. The number of nitrogens with zero attached hydrogens (tertiary/aromatic N) is 3. The van der Waals surface area contributed by atoms with Gasteiger partial charge in [0.05, 0.1) is 11.2 Å². The summed E-state index contributed by atoms with van der Waals surface area (Å²) in [4.78, 5) is 7.55. The number of nitrogens with one attached hydrogen (secondary N) is 2. The summed E-state index contributed by atoms with van der Waals surface area (Å²) in [6, 6.07) is 7.03. The molecule has 5 heteroatoms. The molecule has 1 aromatic carbocycles. The summed E-state index contributed by atoms with van der Waals surface area (Å²) >= 11 is 0. The van der Waals surface area contributed by atoms with E-state index in [1.807, 2.05) is 24.1 Å². The summed E-state index contributed by atoms with van der Waals surface area (Å²) in [6.07, 6.45) is 6.00. The van der Waals surface area contributed by atoms with Crippen molar-refractivity contribution in [1.82, 2.24) is 19.7 Å². The van der Waals surface area contributed by atoms with Crippen LogP contribution in [0.2, 0.25) is 0 Å². The Kier molecular flexibility index (Phi) is 2.74. The first kappa shape index (κ1) is 12.4. The van der Waals surface area contributed by atoms with Crippen molar-refractivity contribution in [2.45, 2.75) is 31.7 Å². The van der Waals surface area contributed by atoms with E-state index in [2.05, 4.69) is 45.5 Å². The summed E-state index contributed by atoms with van der Waals surface area (Å²) in [7, 11) is 2.00. The second-order valence-electron chi connectivity index (χ2n) is 5.92. The van der Waals surface area contributed by atoms with E-state index in [1.165, 1.54) is 16.6 Å². The molecule has 0 spiro atoms. The van der Waals surface area contributed by atoms with Crippen LogP contribution in [0.5, 0.6) is 0 Å². The van der Waals surface area contributed by atoms with Crippen molar-refractivity contribution >= 4 is 16.6 Å². The van der Waals surface area contributed by atoms with Gasteiger partial charge in [0.2, 0.25) is 0 Å². The predicted molar refractivity (Wildman–Crippen MR) is 83.4 cm³/mol. The van der Waals surface area contributed by atoms with Gasteiger partial charge in [0, 0.05) is 42.5 Å². The van der Waals surface area contributed by atoms with Gasteiger partial charge >= 0.3 is 0 Å². The van der Waals surface area contributed by atoms with Gasteiger partial charge in [-0.3, -0.25) is 4.68 Å². The van der Waals surface area contributed by atoms with Crippen molar-refractivity contribution in [2.24, 2.45) is 7.05 Å². The van der Waals surface area contributed by atoms with Crippen molar-refractivity contribution in [3.8, 4) is 0 Å². The van der Waals surface area contributed by atoms with E-state index in [1.54, 1.807) is 0 Å². The van der Waals surface area contributed by atoms with Gasteiger partial charge in [0.25, 0.3) is 0 Å². The van der Waals surface area contributed by atoms with Gasteiger partial charge in [-0.2, -0.15) is 5.10 Å². The maximum atomic E-state index is 4.47. The molecule has 1 aliphatic rings. The number of H-pyrrole nitrogens is 1. The van der Waals surface area contributed by atoms with Gasteiger partial charge in [0.15, 0.2) is 0 Å². The van der Waals surface area contributed by atoms with E-state index in [-0.39, 0.29) is 0 Å².